The summed E-state index contributed by atoms with van der Waals surface area (Å²) in [5.41, 5.74) is 1.38. The van der Waals surface area contributed by atoms with Crippen LogP contribution in [0, 0.1) is 11.8 Å². The minimum atomic E-state index is -0.0232. The Morgan fingerprint density at radius 3 is 2.70 bits per heavy atom. The molecule has 1 fully saturated rings. The van der Waals surface area contributed by atoms with Crippen LogP contribution in [0.15, 0.2) is 48.7 Å². The molecule has 5 nitrogen and oxygen atoms in total. The van der Waals surface area contributed by atoms with E-state index in [-0.39, 0.29) is 17.7 Å². The standard InChI is InChI=1S/C21H24ClN3O2/c1-2-15-14-25(21(27)17-8-10-23-19(22)12-17)11-9-16(15)13-20(26)24-18-6-4-3-5-7-18/h3-8,10,12,15-16H,2,9,11,13-14H2,1H3,(H,24,26). The van der Waals surface area contributed by atoms with Crippen molar-refractivity contribution < 1.29 is 9.59 Å². The Morgan fingerprint density at radius 1 is 1.22 bits per heavy atom. The third-order valence-corrected chi connectivity index (χ3v) is 5.39. The molecule has 1 aliphatic heterocycles. The minimum absolute atomic E-state index is 0.0232. The molecule has 3 rings (SSSR count). The second kappa shape index (κ2) is 9.00. The molecule has 0 radical (unpaired) electrons. The summed E-state index contributed by atoms with van der Waals surface area (Å²) >= 11 is 5.90. The third kappa shape index (κ3) is 5.07. The van der Waals surface area contributed by atoms with E-state index in [4.69, 9.17) is 11.6 Å². The number of halogens is 1. The zero-order valence-corrected chi connectivity index (χ0v) is 16.2. The normalized spacial score (nSPS) is 19.6. The highest BCUT2D eigenvalue weighted by Crippen LogP contribution is 2.30. The molecule has 1 N–H and O–H groups in total. The second-order valence-electron chi connectivity index (χ2n) is 6.95. The summed E-state index contributed by atoms with van der Waals surface area (Å²) < 4.78 is 0. The van der Waals surface area contributed by atoms with Gasteiger partial charge in [0.2, 0.25) is 5.91 Å². The molecule has 0 bridgehead atoms. The number of piperidine rings is 1. The van der Waals surface area contributed by atoms with E-state index in [0.29, 0.717) is 36.1 Å². The van der Waals surface area contributed by atoms with Gasteiger partial charge in [0.05, 0.1) is 0 Å². The van der Waals surface area contributed by atoms with Gasteiger partial charge in [0.1, 0.15) is 5.15 Å². The highest BCUT2D eigenvalue weighted by molar-refractivity contribution is 6.29. The smallest absolute Gasteiger partial charge is 0.254 e. The molecule has 2 heterocycles. The number of hydrogen-bond donors (Lipinski definition) is 1. The van der Waals surface area contributed by atoms with Gasteiger partial charge in [0.15, 0.2) is 0 Å². The van der Waals surface area contributed by atoms with Crippen LogP contribution in [0.2, 0.25) is 5.15 Å². The van der Waals surface area contributed by atoms with E-state index in [1.54, 1.807) is 18.3 Å². The summed E-state index contributed by atoms with van der Waals surface area (Å²) in [5, 5.41) is 3.28. The highest BCUT2D eigenvalue weighted by atomic mass is 35.5. The maximum atomic E-state index is 12.7. The largest absolute Gasteiger partial charge is 0.338 e. The zero-order chi connectivity index (χ0) is 19.2. The lowest BCUT2D eigenvalue weighted by Gasteiger charge is -2.38. The maximum absolute atomic E-state index is 12.7. The van der Waals surface area contributed by atoms with Gasteiger partial charge in [-0.3, -0.25) is 9.59 Å². The van der Waals surface area contributed by atoms with Crippen LogP contribution in [-0.2, 0) is 4.79 Å². The number of para-hydroxylation sites is 1. The Bertz CT molecular complexity index is 797. The average Bonchev–Trinajstić information content (AvgIpc) is 2.68. The molecule has 6 heteroatoms. The molecule has 2 aromatic rings. The first-order chi connectivity index (χ1) is 13.1. The van der Waals surface area contributed by atoms with Crippen LogP contribution in [0.5, 0.6) is 0 Å². The summed E-state index contributed by atoms with van der Waals surface area (Å²) in [7, 11) is 0. The number of amides is 2. The van der Waals surface area contributed by atoms with Crippen molar-refractivity contribution in [1.29, 1.82) is 0 Å². The average molecular weight is 386 g/mol. The van der Waals surface area contributed by atoms with Gasteiger partial charge in [-0.25, -0.2) is 4.98 Å². The predicted molar refractivity (Wildman–Crippen MR) is 107 cm³/mol. The number of pyridine rings is 1. The van der Waals surface area contributed by atoms with Crippen molar-refractivity contribution in [1.82, 2.24) is 9.88 Å². The molecule has 2 unspecified atom stereocenters. The lowest BCUT2D eigenvalue weighted by Crippen LogP contribution is -2.44. The minimum Gasteiger partial charge on any atom is -0.338 e. The van der Waals surface area contributed by atoms with E-state index in [2.05, 4.69) is 17.2 Å². The molecular formula is C21H24ClN3O2. The van der Waals surface area contributed by atoms with Crippen LogP contribution in [0.25, 0.3) is 0 Å². The molecule has 27 heavy (non-hydrogen) atoms. The molecule has 1 aliphatic rings. The van der Waals surface area contributed by atoms with Gasteiger partial charge >= 0.3 is 0 Å². The first-order valence-corrected chi connectivity index (χ1v) is 9.70. The highest BCUT2D eigenvalue weighted by Gasteiger charge is 2.32. The molecule has 1 aromatic heterocycles. The van der Waals surface area contributed by atoms with Crippen molar-refractivity contribution in [3.63, 3.8) is 0 Å². The summed E-state index contributed by atoms with van der Waals surface area (Å²) in [6, 6.07) is 12.8. The van der Waals surface area contributed by atoms with Crippen molar-refractivity contribution >= 4 is 29.1 Å². The summed E-state index contributed by atoms with van der Waals surface area (Å²) in [4.78, 5) is 30.9. The Hall–Kier alpha value is -2.40. The van der Waals surface area contributed by atoms with E-state index < -0.39 is 0 Å². The molecule has 142 valence electrons. The quantitative estimate of drug-likeness (QED) is 0.782. The number of benzene rings is 1. The van der Waals surface area contributed by atoms with Crippen LogP contribution in [0.3, 0.4) is 0 Å². The number of carbonyl (C=O) groups excluding carboxylic acids is 2. The SMILES string of the molecule is CCC1CN(C(=O)c2ccnc(Cl)c2)CCC1CC(=O)Nc1ccccc1. The topological polar surface area (TPSA) is 62.3 Å². The van der Waals surface area contributed by atoms with E-state index in [1.165, 1.54) is 0 Å². The molecule has 2 atom stereocenters. The van der Waals surface area contributed by atoms with Gasteiger partial charge in [-0.2, -0.15) is 0 Å². The first kappa shape index (κ1) is 19.4. The molecular weight excluding hydrogens is 362 g/mol. The summed E-state index contributed by atoms with van der Waals surface area (Å²) in [6.07, 6.45) is 3.79. The van der Waals surface area contributed by atoms with Gasteiger partial charge < -0.3 is 10.2 Å². The van der Waals surface area contributed by atoms with Crippen LogP contribution in [0.4, 0.5) is 5.69 Å². The predicted octanol–water partition coefficient (Wildman–Crippen LogP) is 4.25. The zero-order valence-electron chi connectivity index (χ0n) is 15.4. The number of anilines is 1. The molecule has 0 spiro atoms. The maximum Gasteiger partial charge on any atom is 0.254 e. The third-order valence-electron chi connectivity index (χ3n) is 5.18. The van der Waals surface area contributed by atoms with Crippen LogP contribution in [0.1, 0.15) is 36.5 Å². The Kier molecular flexibility index (Phi) is 6.45. The van der Waals surface area contributed by atoms with E-state index in [9.17, 15) is 9.59 Å². The van der Waals surface area contributed by atoms with Gasteiger partial charge in [-0.05, 0) is 42.5 Å². The number of aromatic nitrogens is 1. The fraction of sp³-hybridized carbons (Fsp3) is 0.381. The van der Waals surface area contributed by atoms with E-state index >= 15 is 0 Å². The number of likely N-dealkylation sites (tertiary alicyclic amines) is 1. The van der Waals surface area contributed by atoms with Crippen LogP contribution in [-0.4, -0.2) is 34.8 Å². The van der Waals surface area contributed by atoms with E-state index in [0.717, 1.165) is 18.5 Å². The van der Waals surface area contributed by atoms with Crippen molar-refractivity contribution in [3.05, 3.63) is 59.4 Å². The first-order valence-electron chi connectivity index (χ1n) is 9.32. The van der Waals surface area contributed by atoms with Crippen LogP contribution >= 0.6 is 11.6 Å². The summed E-state index contributed by atoms with van der Waals surface area (Å²) in [6.45, 7) is 3.43. The Balaban J connectivity index is 1.59. The van der Waals surface area contributed by atoms with Gasteiger partial charge in [-0.15, -0.1) is 0 Å². The number of nitrogens with one attached hydrogen (secondary N) is 1. The lowest BCUT2D eigenvalue weighted by atomic mass is 9.81. The number of hydrogen-bond acceptors (Lipinski definition) is 3. The van der Waals surface area contributed by atoms with Crippen molar-refractivity contribution in [2.75, 3.05) is 18.4 Å². The lowest BCUT2D eigenvalue weighted by molar-refractivity contribution is -0.117. The van der Waals surface area contributed by atoms with Crippen molar-refractivity contribution in [3.8, 4) is 0 Å². The van der Waals surface area contributed by atoms with Gasteiger partial charge in [-0.1, -0.05) is 43.1 Å². The van der Waals surface area contributed by atoms with Crippen LogP contribution < -0.4 is 5.32 Å². The molecule has 2 amide bonds. The van der Waals surface area contributed by atoms with Crippen molar-refractivity contribution in [2.24, 2.45) is 11.8 Å². The molecule has 1 aromatic carbocycles. The molecule has 0 saturated carbocycles. The number of rotatable bonds is 5. The molecule has 0 aliphatic carbocycles. The van der Waals surface area contributed by atoms with Gasteiger partial charge in [0, 0.05) is 37.0 Å². The number of nitrogens with zero attached hydrogens (tertiary/aromatic N) is 2. The van der Waals surface area contributed by atoms with E-state index in [1.807, 2.05) is 35.2 Å². The summed E-state index contributed by atoms with van der Waals surface area (Å²) in [5.74, 6) is 0.598. The van der Waals surface area contributed by atoms with Crippen molar-refractivity contribution in [2.45, 2.75) is 26.2 Å². The van der Waals surface area contributed by atoms with Gasteiger partial charge in [0.25, 0.3) is 5.91 Å². The fourth-order valence-corrected chi connectivity index (χ4v) is 3.86. The Morgan fingerprint density at radius 2 is 2.00 bits per heavy atom. The fourth-order valence-electron chi connectivity index (χ4n) is 3.69. The monoisotopic (exact) mass is 385 g/mol. The Labute approximate surface area is 164 Å². The second-order valence-corrected chi connectivity index (χ2v) is 7.34. The number of carbonyl (C=O) groups is 2. The molecule has 1 saturated heterocycles.